The highest BCUT2D eigenvalue weighted by atomic mass is 32.1. The van der Waals surface area contributed by atoms with E-state index in [2.05, 4.69) is 37.8 Å². The van der Waals surface area contributed by atoms with Crippen LogP contribution in [0, 0.1) is 0 Å². The van der Waals surface area contributed by atoms with E-state index < -0.39 is 0 Å². The fourth-order valence-electron chi connectivity index (χ4n) is 3.24. The molecule has 1 N–H and O–H groups in total. The molecule has 0 spiro atoms. The van der Waals surface area contributed by atoms with E-state index in [1.165, 1.54) is 4.88 Å². The van der Waals surface area contributed by atoms with Gasteiger partial charge >= 0.3 is 0 Å². The summed E-state index contributed by atoms with van der Waals surface area (Å²) in [5.41, 5.74) is 0.983. The molecule has 148 valence electrons. The lowest BCUT2D eigenvalue weighted by Crippen LogP contribution is -2.52. The predicted molar refractivity (Wildman–Crippen MR) is 109 cm³/mol. The summed E-state index contributed by atoms with van der Waals surface area (Å²) >= 11 is 1.74. The standard InChI is InChI=1S/C20H25N5O2S/c1-3-18(26-12-1)5-7-21-20(22-15-19-4-2-14-28-19)25-10-8-24(9-11-25)16-17-6-13-27-23-17/h1-4,6,12-14H,5,7-11,15-16H2,(H,21,22). The third kappa shape index (κ3) is 5.24. The summed E-state index contributed by atoms with van der Waals surface area (Å²) in [5.74, 6) is 1.96. The van der Waals surface area contributed by atoms with Gasteiger partial charge in [0.2, 0.25) is 0 Å². The molecule has 1 aliphatic heterocycles. The van der Waals surface area contributed by atoms with Gasteiger partial charge in [-0.15, -0.1) is 11.3 Å². The largest absolute Gasteiger partial charge is 0.469 e. The zero-order valence-corrected chi connectivity index (χ0v) is 16.6. The summed E-state index contributed by atoms with van der Waals surface area (Å²) in [6, 6.07) is 10.1. The Morgan fingerprint density at radius 3 is 2.79 bits per heavy atom. The van der Waals surface area contributed by atoms with E-state index in [0.717, 1.165) is 63.1 Å². The topological polar surface area (TPSA) is 70.0 Å². The molecule has 1 aliphatic rings. The highest BCUT2D eigenvalue weighted by molar-refractivity contribution is 7.09. The van der Waals surface area contributed by atoms with Crippen LogP contribution in [0.3, 0.4) is 0 Å². The number of hydrogen-bond acceptors (Lipinski definition) is 6. The molecule has 0 radical (unpaired) electrons. The third-order valence-electron chi connectivity index (χ3n) is 4.75. The molecule has 0 bridgehead atoms. The fraction of sp³-hybridized carbons (Fsp3) is 0.400. The van der Waals surface area contributed by atoms with Crippen LogP contribution in [-0.4, -0.2) is 53.6 Å². The second kappa shape index (κ2) is 9.57. The van der Waals surface area contributed by atoms with E-state index in [1.807, 2.05) is 18.2 Å². The first-order valence-corrected chi connectivity index (χ1v) is 10.4. The van der Waals surface area contributed by atoms with E-state index in [-0.39, 0.29) is 0 Å². The Hall–Kier alpha value is -2.58. The maximum Gasteiger partial charge on any atom is 0.194 e. The quantitative estimate of drug-likeness (QED) is 0.487. The van der Waals surface area contributed by atoms with Crippen molar-refractivity contribution in [2.75, 3.05) is 32.7 Å². The van der Waals surface area contributed by atoms with Crippen molar-refractivity contribution in [1.29, 1.82) is 0 Å². The monoisotopic (exact) mass is 399 g/mol. The minimum Gasteiger partial charge on any atom is -0.469 e. The van der Waals surface area contributed by atoms with Gasteiger partial charge in [-0.05, 0) is 23.6 Å². The summed E-state index contributed by atoms with van der Waals surface area (Å²) in [4.78, 5) is 10.9. The number of nitrogens with one attached hydrogen (secondary N) is 1. The molecule has 8 heteroatoms. The normalized spacial score (nSPS) is 15.9. The Bertz CT molecular complexity index is 822. The summed E-state index contributed by atoms with van der Waals surface area (Å²) < 4.78 is 10.4. The van der Waals surface area contributed by atoms with Crippen molar-refractivity contribution < 1.29 is 8.94 Å². The SMILES string of the molecule is c1coc(CCNC(=NCc2cccs2)N2CCN(Cc3ccon3)CC2)c1. The van der Waals surface area contributed by atoms with Gasteiger partial charge in [0.1, 0.15) is 12.0 Å². The lowest BCUT2D eigenvalue weighted by atomic mass is 10.3. The maximum atomic E-state index is 5.43. The van der Waals surface area contributed by atoms with Gasteiger partial charge in [-0.2, -0.15) is 0 Å². The van der Waals surface area contributed by atoms with Crippen molar-refractivity contribution in [3.8, 4) is 0 Å². The zero-order valence-electron chi connectivity index (χ0n) is 15.8. The first kappa shape index (κ1) is 18.8. The predicted octanol–water partition coefficient (Wildman–Crippen LogP) is 2.84. The second-order valence-corrected chi connectivity index (χ2v) is 7.76. The number of thiophene rings is 1. The Morgan fingerprint density at radius 1 is 1.14 bits per heavy atom. The van der Waals surface area contributed by atoms with Gasteiger partial charge in [0.25, 0.3) is 0 Å². The molecule has 0 saturated carbocycles. The zero-order chi connectivity index (χ0) is 19.0. The Balaban J connectivity index is 1.33. The summed E-state index contributed by atoms with van der Waals surface area (Å²) in [6.45, 7) is 6.17. The lowest BCUT2D eigenvalue weighted by Gasteiger charge is -2.36. The first-order chi connectivity index (χ1) is 13.9. The average molecular weight is 400 g/mol. The summed E-state index contributed by atoms with van der Waals surface area (Å²) in [7, 11) is 0. The number of nitrogens with zero attached hydrogens (tertiary/aromatic N) is 4. The molecule has 0 aromatic carbocycles. The number of piperazine rings is 1. The van der Waals surface area contributed by atoms with Gasteiger partial charge in [0.15, 0.2) is 5.96 Å². The molecule has 3 aromatic heterocycles. The smallest absolute Gasteiger partial charge is 0.194 e. The molecule has 1 fully saturated rings. The second-order valence-electron chi connectivity index (χ2n) is 6.73. The molecule has 0 aliphatic carbocycles. The number of guanidine groups is 1. The Kier molecular flexibility index (Phi) is 6.41. The van der Waals surface area contributed by atoms with E-state index in [9.17, 15) is 0 Å². The molecular formula is C20H25N5O2S. The highest BCUT2D eigenvalue weighted by Crippen LogP contribution is 2.11. The van der Waals surface area contributed by atoms with E-state index in [0.29, 0.717) is 6.54 Å². The molecule has 4 heterocycles. The number of aromatic nitrogens is 1. The third-order valence-corrected chi connectivity index (χ3v) is 5.61. The van der Waals surface area contributed by atoms with Gasteiger partial charge in [-0.3, -0.25) is 4.90 Å². The van der Waals surface area contributed by atoms with Crippen molar-refractivity contribution in [2.24, 2.45) is 4.99 Å². The minimum absolute atomic E-state index is 0.708. The van der Waals surface area contributed by atoms with E-state index >= 15 is 0 Å². The van der Waals surface area contributed by atoms with Gasteiger partial charge in [-0.25, -0.2) is 4.99 Å². The summed E-state index contributed by atoms with van der Waals surface area (Å²) in [6.07, 6.45) is 4.19. The molecule has 0 amide bonds. The molecular weight excluding hydrogens is 374 g/mol. The summed E-state index contributed by atoms with van der Waals surface area (Å²) in [5, 5.41) is 9.63. The van der Waals surface area contributed by atoms with Gasteiger partial charge in [0, 0.05) is 56.6 Å². The number of furan rings is 1. The number of aliphatic imine (C=N–C) groups is 1. The van der Waals surface area contributed by atoms with Gasteiger partial charge in [0.05, 0.1) is 18.5 Å². The van der Waals surface area contributed by atoms with Crippen LogP contribution in [0.5, 0.6) is 0 Å². The molecule has 1 saturated heterocycles. The highest BCUT2D eigenvalue weighted by Gasteiger charge is 2.20. The van der Waals surface area contributed by atoms with E-state index in [1.54, 1.807) is 23.9 Å². The number of hydrogen-bond donors (Lipinski definition) is 1. The van der Waals surface area contributed by atoms with Crippen LogP contribution in [0.25, 0.3) is 0 Å². The molecule has 0 atom stereocenters. The van der Waals surface area contributed by atoms with Crippen molar-refractivity contribution in [2.45, 2.75) is 19.5 Å². The van der Waals surface area contributed by atoms with Crippen molar-refractivity contribution >= 4 is 17.3 Å². The van der Waals surface area contributed by atoms with Crippen LogP contribution in [0.1, 0.15) is 16.3 Å². The van der Waals surface area contributed by atoms with Crippen LogP contribution in [0.2, 0.25) is 0 Å². The van der Waals surface area contributed by atoms with E-state index in [4.69, 9.17) is 13.9 Å². The molecule has 7 nitrogen and oxygen atoms in total. The first-order valence-electron chi connectivity index (χ1n) is 9.56. The molecule has 3 aromatic rings. The molecule has 4 rings (SSSR count). The fourth-order valence-corrected chi connectivity index (χ4v) is 3.87. The van der Waals surface area contributed by atoms with Crippen LogP contribution in [0.15, 0.2) is 62.2 Å². The Labute approximate surface area is 168 Å². The van der Waals surface area contributed by atoms with Crippen molar-refractivity contribution in [3.63, 3.8) is 0 Å². The number of rotatable bonds is 7. The van der Waals surface area contributed by atoms with Crippen LogP contribution < -0.4 is 5.32 Å². The minimum atomic E-state index is 0.708. The van der Waals surface area contributed by atoms with Crippen LogP contribution in [0.4, 0.5) is 0 Å². The van der Waals surface area contributed by atoms with Crippen LogP contribution in [-0.2, 0) is 19.5 Å². The van der Waals surface area contributed by atoms with Gasteiger partial charge in [-0.1, -0.05) is 11.2 Å². The average Bonchev–Trinajstić information content (AvgIpc) is 3.49. The van der Waals surface area contributed by atoms with Crippen LogP contribution >= 0.6 is 11.3 Å². The van der Waals surface area contributed by atoms with Gasteiger partial charge < -0.3 is 19.2 Å². The molecule has 28 heavy (non-hydrogen) atoms. The molecule has 0 unspecified atom stereocenters. The maximum absolute atomic E-state index is 5.43. The Morgan fingerprint density at radius 2 is 2.07 bits per heavy atom. The van der Waals surface area contributed by atoms with Crippen molar-refractivity contribution in [3.05, 3.63) is 64.6 Å². The van der Waals surface area contributed by atoms with Crippen molar-refractivity contribution in [1.82, 2.24) is 20.3 Å². The lowest BCUT2D eigenvalue weighted by molar-refractivity contribution is 0.169.